The molecule has 3 rings (SSSR count). The Bertz CT molecular complexity index is 762. The van der Waals surface area contributed by atoms with E-state index in [4.69, 9.17) is 4.42 Å². The summed E-state index contributed by atoms with van der Waals surface area (Å²) in [5, 5.41) is 1.38. The van der Waals surface area contributed by atoms with Crippen molar-refractivity contribution in [2.45, 2.75) is 13.3 Å². The average Bonchev–Trinajstić information content (AvgIpc) is 2.38. The smallest absolute Gasteiger partial charge is 0.346 e. The van der Waals surface area contributed by atoms with Crippen molar-refractivity contribution in [1.29, 1.82) is 0 Å². The van der Waals surface area contributed by atoms with Crippen LogP contribution in [0.15, 0.2) is 39.7 Å². The molecule has 4 heteroatoms. The molecule has 3 aromatic rings. The zero-order valence-electron chi connectivity index (χ0n) is 9.30. The van der Waals surface area contributed by atoms with Crippen LogP contribution < -0.4 is 5.63 Å². The molecule has 0 fully saturated rings. The molecule has 2 aromatic heterocycles. The molecule has 0 aliphatic carbocycles. The molecule has 0 aliphatic rings. The van der Waals surface area contributed by atoms with Crippen LogP contribution in [0.25, 0.3) is 21.8 Å². The monoisotopic (exact) mass is 226 g/mol. The van der Waals surface area contributed by atoms with E-state index in [1.165, 1.54) is 0 Å². The summed E-state index contributed by atoms with van der Waals surface area (Å²) in [6, 6.07) is 7.27. The first kappa shape index (κ1) is 9.96. The molecule has 0 amide bonds. The van der Waals surface area contributed by atoms with Crippen molar-refractivity contribution in [3.8, 4) is 0 Å². The Morgan fingerprint density at radius 1 is 1.24 bits per heavy atom. The summed E-state index contributed by atoms with van der Waals surface area (Å²) in [4.78, 5) is 20.4. The van der Waals surface area contributed by atoms with Gasteiger partial charge in [0.1, 0.15) is 0 Å². The standard InChI is InChI=1S/C13H10N2O2/c1-2-11-15-12-8-4-3-7-14-10(8)6-5-9(12)13(16)17-11/h3-7H,2H2,1H3. The molecule has 0 unspecified atom stereocenters. The molecule has 0 aliphatic heterocycles. The van der Waals surface area contributed by atoms with E-state index in [1.54, 1.807) is 12.3 Å². The summed E-state index contributed by atoms with van der Waals surface area (Å²) >= 11 is 0. The number of rotatable bonds is 1. The number of nitrogens with zero attached hydrogens (tertiary/aromatic N) is 2. The third-order valence-electron chi connectivity index (χ3n) is 2.73. The molecule has 0 N–H and O–H groups in total. The van der Waals surface area contributed by atoms with Gasteiger partial charge >= 0.3 is 5.63 Å². The van der Waals surface area contributed by atoms with Crippen molar-refractivity contribution in [2.24, 2.45) is 0 Å². The highest BCUT2D eigenvalue weighted by Gasteiger charge is 2.08. The Morgan fingerprint density at radius 2 is 2.12 bits per heavy atom. The van der Waals surface area contributed by atoms with E-state index in [0.29, 0.717) is 23.2 Å². The third-order valence-corrected chi connectivity index (χ3v) is 2.73. The van der Waals surface area contributed by atoms with Gasteiger partial charge in [-0.15, -0.1) is 0 Å². The first-order valence-electron chi connectivity index (χ1n) is 5.47. The maximum Gasteiger partial charge on any atom is 0.346 e. The molecule has 2 heterocycles. The van der Waals surface area contributed by atoms with Gasteiger partial charge in [0.2, 0.25) is 0 Å². The number of pyridine rings is 1. The van der Waals surface area contributed by atoms with Crippen LogP contribution in [0, 0.1) is 0 Å². The number of hydrogen-bond donors (Lipinski definition) is 0. The van der Waals surface area contributed by atoms with E-state index in [1.807, 2.05) is 25.1 Å². The van der Waals surface area contributed by atoms with E-state index in [-0.39, 0.29) is 5.63 Å². The highest BCUT2D eigenvalue weighted by molar-refractivity contribution is 6.02. The van der Waals surface area contributed by atoms with Crippen LogP contribution >= 0.6 is 0 Å². The van der Waals surface area contributed by atoms with Crippen LogP contribution in [0.1, 0.15) is 12.8 Å². The minimum atomic E-state index is -0.336. The van der Waals surface area contributed by atoms with Gasteiger partial charge < -0.3 is 4.42 Å². The highest BCUT2D eigenvalue weighted by Crippen LogP contribution is 2.20. The molecular formula is C13H10N2O2. The maximum absolute atomic E-state index is 11.8. The summed E-state index contributed by atoms with van der Waals surface area (Å²) in [6.45, 7) is 1.90. The number of fused-ring (bicyclic) bond motifs is 3. The second-order valence-corrected chi connectivity index (χ2v) is 3.78. The SMILES string of the molecule is CCc1nc2c(ccc3ncccc32)c(=O)o1. The van der Waals surface area contributed by atoms with Crippen LogP contribution in [0.5, 0.6) is 0 Å². The number of aromatic nitrogens is 2. The van der Waals surface area contributed by atoms with Gasteiger partial charge in [-0.2, -0.15) is 0 Å². The van der Waals surface area contributed by atoms with Crippen LogP contribution in [0.2, 0.25) is 0 Å². The van der Waals surface area contributed by atoms with Crippen LogP contribution in [0.3, 0.4) is 0 Å². The Labute approximate surface area is 96.9 Å². The number of hydrogen-bond acceptors (Lipinski definition) is 4. The maximum atomic E-state index is 11.8. The molecule has 4 nitrogen and oxygen atoms in total. The first-order chi connectivity index (χ1) is 8.29. The lowest BCUT2D eigenvalue weighted by Crippen LogP contribution is -2.04. The average molecular weight is 226 g/mol. The van der Waals surface area contributed by atoms with Gasteiger partial charge in [0.05, 0.1) is 16.4 Å². The molecule has 0 saturated carbocycles. The highest BCUT2D eigenvalue weighted by atomic mass is 16.4. The molecular weight excluding hydrogens is 216 g/mol. The van der Waals surface area contributed by atoms with Gasteiger partial charge in [-0.05, 0) is 24.3 Å². The van der Waals surface area contributed by atoms with Crippen molar-refractivity contribution in [2.75, 3.05) is 0 Å². The van der Waals surface area contributed by atoms with Crippen LogP contribution in [0.4, 0.5) is 0 Å². The van der Waals surface area contributed by atoms with Gasteiger partial charge in [-0.1, -0.05) is 6.92 Å². The second-order valence-electron chi connectivity index (χ2n) is 3.78. The Hall–Kier alpha value is -2.23. The zero-order chi connectivity index (χ0) is 11.8. The minimum absolute atomic E-state index is 0.336. The van der Waals surface area contributed by atoms with E-state index in [0.717, 1.165) is 10.9 Å². The van der Waals surface area contributed by atoms with Crippen molar-refractivity contribution in [3.63, 3.8) is 0 Å². The molecule has 17 heavy (non-hydrogen) atoms. The Morgan fingerprint density at radius 3 is 2.94 bits per heavy atom. The topological polar surface area (TPSA) is 56.0 Å². The van der Waals surface area contributed by atoms with Gasteiger partial charge in [0.25, 0.3) is 0 Å². The van der Waals surface area contributed by atoms with Gasteiger partial charge in [-0.3, -0.25) is 4.98 Å². The van der Waals surface area contributed by atoms with E-state index in [9.17, 15) is 4.79 Å². The zero-order valence-corrected chi connectivity index (χ0v) is 9.30. The Balaban J connectivity index is 2.56. The van der Waals surface area contributed by atoms with Gasteiger partial charge in [0, 0.05) is 18.0 Å². The molecule has 84 valence electrons. The second kappa shape index (κ2) is 3.66. The fourth-order valence-electron chi connectivity index (χ4n) is 1.88. The predicted molar refractivity (Wildman–Crippen MR) is 65.0 cm³/mol. The quantitative estimate of drug-likeness (QED) is 0.597. The molecule has 0 spiro atoms. The predicted octanol–water partition coefficient (Wildman–Crippen LogP) is 2.30. The van der Waals surface area contributed by atoms with Crippen molar-refractivity contribution in [1.82, 2.24) is 9.97 Å². The van der Waals surface area contributed by atoms with Crippen molar-refractivity contribution < 1.29 is 4.42 Å². The molecule has 0 radical (unpaired) electrons. The van der Waals surface area contributed by atoms with Crippen LogP contribution in [-0.2, 0) is 6.42 Å². The van der Waals surface area contributed by atoms with Crippen molar-refractivity contribution >= 4 is 21.8 Å². The minimum Gasteiger partial charge on any atom is -0.408 e. The van der Waals surface area contributed by atoms with Crippen molar-refractivity contribution in [3.05, 3.63) is 46.8 Å². The first-order valence-corrected chi connectivity index (χ1v) is 5.47. The fraction of sp³-hybridized carbons (Fsp3) is 0.154. The summed E-state index contributed by atoms with van der Waals surface area (Å²) in [7, 11) is 0. The van der Waals surface area contributed by atoms with E-state index >= 15 is 0 Å². The number of aryl methyl sites for hydroxylation is 1. The van der Waals surface area contributed by atoms with Gasteiger partial charge in [-0.25, -0.2) is 9.78 Å². The molecule has 1 aromatic carbocycles. The molecule has 0 atom stereocenters. The summed E-state index contributed by atoms with van der Waals surface area (Å²) < 4.78 is 5.10. The normalized spacial score (nSPS) is 11.1. The van der Waals surface area contributed by atoms with E-state index < -0.39 is 0 Å². The summed E-state index contributed by atoms with van der Waals surface area (Å²) in [5.41, 5.74) is 1.17. The lowest BCUT2D eigenvalue weighted by molar-refractivity contribution is 0.450. The molecule has 0 bridgehead atoms. The summed E-state index contributed by atoms with van der Waals surface area (Å²) in [6.07, 6.45) is 2.32. The molecule has 0 saturated heterocycles. The largest absolute Gasteiger partial charge is 0.408 e. The van der Waals surface area contributed by atoms with Gasteiger partial charge in [0.15, 0.2) is 5.89 Å². The lowest BCUT2D eigenvalue weighted by Gasteiger charge is -2.02. The van der Waals surface area contributed by atoms with E-state index in [2.05, 4.69) is 9.97 Å². The lowest BCUT2D eigenvalue weighted by atomic mass is 10.1. The third kappa shape index (κ3) is 1.49. The Kier molecular flexibility index (Phi) is 2.14. The summed E-state index contributed by atoms with van der Waals surface area (Å²) in [5.74, 6) is 0.457. The fourth-order valence-corrected chi connectivity index (χ4v) is 1.88. The van der Waals surface area contributed by atoms with Crippen LogP contribution in [-0.4, -0.2) is 9.97 Å². The number of benzene rings is 1.